The van der Waals surface area contributed by atoms with Crippen molar-refractivity contribution in [3.63, 3.8) is 0 Å². The third kappa shape index (κ3) is 9.57. The Bertz CT molecular complexity index is 186. The first-order valence-electron chi connectivity index (χ1n) is 7.41. The molecule has 0 aromatic carbocycles. The summed E-state index contributed by atoms with van der Waals surface area (Å²) in [4.78, 5) is 0. The van der Waals surface area contributed by atoms with Gasteiger partial charge in [-0.25, -0.2) is 0 Å². The molecule has 1 aliphatic rings. The van der Waals surface area contributed by atoms with E-state index in [0.717, 1.165) is 31.6 Å². The first-order valence-corrected chi connectivity index (χ1v) is 9.34. The molecule has 5 heteroatoms. The lowest BCUT2D eigenvalue weighted by atomic mass is 10.4. The third-order valence-electron chi connectivity index (χ3n) is 3.18. The molecule has 0 unspecified atom stereocenters. The third-order valence-corrected chi connectivity index (χ3v) is 6.16. The van der Waals surface area contributed by atoms with E-state index in [1.165, 1.54) is 25.7 Å². The van der Waals surface area contributed by atoms with Gasteiger partial charge in [0.1, 0.15) is 0 Å². The highest BCUT2D eigenvalue weighted by Crippen LogP contribution is 2.28. The Hall–Kier alpha value is 0.0569. The van der Waals surface area contributed by atoms with Crippen LogP contribution in [-0.2, 0) is 18.0 Å². The molecule has 0 aliphatic heterocycles. The SMILES string of the molecule is CCCCOCC1CC1.CCC[Si](OC)(OC)OC. The van der Waals surface area contributed by atoms with Crippen LogP contribution in [0.15, 0.2) is 0 Å². The van der Waals surface area contributed by atoms with Crippen LogP contribution in [0.4, 0.5) is 0 Å². The van der Waals surface area contributed by atoms with Crippen molar-refractivity contribution < 1.29 is 18.0 Å². The van der Waals surface area contributed by atoms with Crippen LogP contribution in [0.2, 0.25) is 6.04 Å². The molecule has 1 fully saturated rings. The molecule has 1 aliphatic carbocycles. The van der Waals surface area contributed by atoms with Crippen molar-refractivity contribution in [2.45, 2.75) is 52.0 Å². The second-order valence-electron chi connectivity index (χ2n) is 4.92. The van der Waals surface area contributed by atoms with Crippen molar-refractivity contribution in [3.05, 3.63) is 0 Å². The van der Waals surface area contributed by atoms with E-state index in [0.29, 0.717) is 0 Å². The molecular formula is C14H32O4Si. The van der Waals surface area contributed by atoms with Crippen LogP contribution in [0, 0.1) is 5.92 Å². The number of rotatable bonds is 10. The fourth-order valence-electron chi connectivity index (χ4n) is 1.64. The van der Waals surface area contributed by atoms with Crippen LogP contribution in [0.5, 0.6) is 0 Å². The van der Waals surface area contributed by atoms with Crippen LogP contribution in [0.1, 0.15) is 46.0 Å². The van der Waals surface area contributed by atoms with E-state index in [2.05, 4.69) is 13.8 Å². The van der Waals surface area contributed by atoms with E-state index in [-0.39, 0.29) is 0 Å². The summed E-state index contributed by atoms with van der Waals surface area (Å²) in [6, 6.07) is 0.885. The number of hydrogen-bond acceptors (Lipinski definition) is 4. The van der Waals surface area contributed by atoms with Crippen molar-refractivity contribution >= 4 is 8.80 Å². The molecule has 0 bridgehead atoms. The summed E-state index contributed by atoms with van der Waals surface area (Å²) in [5.74, 6) is 0.932. The number of ether oxygens (including phenoxy) is 1. The summed E-state index contributed by atoms with van der Waals surface area (Å²) in [7, 11) is 2.68. The van der Waals surface area contributed by atoms with E-state index in [1.54, 1.807) is 21.3 Å². The fourth-order valence-corrected chi connectivity index (χ4v) is 3.37. The number of unbranched alkanes of at least 4 members (excludes halogenated alkanes) is 1. The smallest absolute Gasteiger partial charge is 0.381 e. The molecule has 19 heavy (non-hydrogen) atoms. The molecule has 0 saturated heterocycles. The minimum atomic E-state index is -2.22. The van der Waals surface area contributed by atoms with Gasteiger partial charge in [0, 0.05) is 40.6 Å². The van der Waals surface area contributed by atoms with Crippen molar-refractivity contribution in [1.29, 1.82) is 0 Å². The Morgan fingerprint density at radius 3 is 1.84 bits per heavy atom. The maximum Gasteiger partial charge on any atom is 0.500 e. The molecule has 0 N–H and O–H groups in total. The minimum absolute atomic E-state index is 0.885. The van der Waals surface area contributed by atoms with Gasteiger partial charge in [-0.05, 0) is 25.2 Å². The lowest BCUT2D eigenvalue weighted by molar-refractivity contribution is 0.121. The molecule has 0 spiro atoms. The van der Waals surface area contributed by atoms with Crippen LogP contribution in [0.3, 0.4) is 0 Å². The first kappa shape index (κ1) is 19.1. The van der Waals surface area contributed by atoms with Gasteiger partial charge in [0.15, 0.2) is 0 Å². The Kier molecular flexibility index (Phi) is 11.9. The number of hydrogen-bond donors (Lipinski definition) is 0. The summed E-state index contributed by atoms with van der Waals surface area (Å²) in [5, 5.41) is 0. The predicted octanol–water partition coefficient (Wildman–Crippen LogP) is 3.49. The van der Waals surface area contributed by atoms with Gasteiger partial charge < -0.3 is 18.0 Å². The zero-order valence-corrected chi connectivity index (χ0v) is 14.4. The highest BCUT2D eigenvalue weighted by molar-refractivity contribution is 6.60. The first-order chi connectivity index (χ1) is 9.17. The van der Waals surface area contributed by atoms with Crippen molar-refractivity contribution in [2.75, 3.05) is 34.5 Å². The monoisotopic (exact) mass is 292 g/mol. The van der Waals surface area contributed by atoms with Gasteiger partial charge in [-0.15, -0.1) is 0 Å². The maximum absolute atomic E-state index is 5.40. The van der Waals surface area contributed by atoms with Gasteiger partial charge in [-0.3, -0.25) is 0 Å². The molecular weight excluding hydrogens is 260 g/mol. The highest BCUT2D eigenvalue weighted by Gasteiger charge is 2.36. The second-order valence-corrected chi connectivity index (χ2v) is 8.01. The molecule has 0 radical (unpaired) electrons. The topological polar surface area (TPSA) is 36.9 Å². The van der Waals surface area contributed by atoms with Gasteiger partial charge in [0.25, 0.3) is 0 Å². The van der Waals surface area contributed by atoms with Gasteiger partial charge in [-0.2, -0.15) is 0 Å². The standard InChI is InChI=1S/C8H16O.C6H16O3Si/c1-2-3-6-9-7-8-4-5-8;1-5-6-10(7-2,8-3)9-4/h8H,2-7H2,1H3;5-6H2,1-4H3. The van der Waals surface area contributed by atoms with Crippen LogP contribution in [0.25, 0.3) is 0 Å². The molecule has 116 valence electrons. The quantitative estimate of drug-likeness (QED) is 0.456. The zero-order valence-electron chi connectivity index (χ0n) is 13.4. The van der Waals surface area contributed by atoms with Crippen LogP contribution in [-0.4, -0.2) is 43.3 Å². The molecule has 1 rings (SSSR count). The van der Waals surface area contributed by atoms with Gasteiger partial charge in [0.05, 0.1) is 0 Å². The van der Waals surface area contributed by atoms with Crippen molar-refractivity contribution in [1.82, 2.24) is 0 Å². The van der Waals surface area contributed by atoms with Crippen LogP contribution < -0.4 is 0 Å². The van der Waals surface area contributed by atoms with E-state index in [9.17, 15) is 0 Å². The summed E-state index contributed by atoms with van der Waals surface area (Å²) < 4.78 is 20.9. The molecule has 4 nitrogen and oxygen atoms in total. The highest BCUT2D eigenvalue weighted by atomic mass is 28.4. The van der Waals surface area contributed by atoms with Gasteiger partial charge in [-0.1, -0.05) is 26.7 Å². The zero-order chi connectivity index (χ0) is 14.6. The van der Waals surface area contributed by atoms with Gasteiger partial charge >= 0.3 is 8.80 Å². The molecule has 1 saturated carbocycles. The normalized spacial score (nSPS) is 15.0. The summed E-state index contributed by atoms with van der Waals surface area (Å²) in [6.07, 6.45) is 6.33. The average Bonchev–Trinajstić information content (AvgIpc) is 3.26. The lowest BCUT2D eigenvalue weighted by Gasteiger charge is -2.23. The molecule has 0 heterocycles. The van der Waals surface area contributed by atoms with Gasteiger partial charge in [0.2, 0.25) is 0 Å². The Labute approximate surface area is 120 Å². The van der Waals surface area contributed by atoms with E-state index < -0.39 is 8.80 Å². The largest absolute Gasteiger partial charge is 0.500 e. The summed E-state index contributed by atoms with van der Waals surface area (Å²) >= 11 is 0. The fraction of sp³-hybridized carbons (Fsp3) is 1.00. The van der Waals surface area contributed by atoms with Crippen molar-refractivity contribution in [2.24, 2.45) is 5.92 Å². The van der Waals surface area contributed by atoms with Crippen molar-refractivity contribution in [3.8, 4) is 0 Å². The molecule has 0 atom stereocenters. The molecule has 0 aromatic heterocycles. The lowest BCUT2D eigenvalue weighted by Crippen LogP contribution is -2.42. The predicted molar refractivity (Wildman–Crippen MR) is 80.3 cm³/mol. The molecule has 0 amide bonds. The minimum Gasteiger partial charge on any atom is -0.381 e. The maximum atomic E-state index is 5.40. The summed E-state index contributed by atoms with van der Waals surface area (Å²) in [6.45, 7) is 6.28. The molecule has 0 aromatic rings. The Balaban J connectivity index is 0.000000342. The van der Waals surface area contributed by atoms with Crippen LogP contribution >= 0.6 is 0 Å². The van der Waals surface area contributed by atoms with E-state index in [4.69, 9.17) is 18.0 Å². The summed E-state index contributed by atoms with van der Waals surface area (Å²) in [5.41, 5.74) is 0. The Morgan fingerprint density at radius 1 is 0.947 bits per heavy atom. The second kappa shape index (κ2) is 11.8. The van der Waals surface area contributed by atoms with E-state index >= 15 is 0 Å². The average molecular weight is 292 g/mol. The Morgan fingerprint density at radius 2 is 1.53 bits per heavy atom. The van der Waals surface area contributed by atoms with E-state index in [1.807, 2.05) is 0 Å².